The molecule has 0 saturated heterocycles. The number of aromatic nitrogens is 1. The molecule has 1 aliphatic rings. The van der Waals surface area contributed by atoms with E-state index in [0.717, 1.165) is 19.3 Å². The Morgan fingerprint density at radius 1 is 1.39 bits per heavy atom. The van der Waals surface area contributed by atoms with Crippen LogP contribution in [0.3, 0.4) is 0 Å². The molecular weight excluding hydrogens is 318 g/mol. The van der Waals surface area contributed by atoms with Gasteiger partial charge in [0.1, 0.15) is 17.5 Å². The van der Waals surface area contributed by atoms with E-state index < -0.39 is 15.8 Å². The van der Waals surface area contributed by atoms with Crippen LogP contribution in [0.1, 0.15) is 43.5 Å². The molecule has 8 heteroatoms. The molecule has 1 aromatic rings. The summed E-state index contributed by atoms with van der Waals surface area (Å²) in [6.45, 7) is 4.03. The monoisotopic (exact) mass is 341 g/mol. The molecule has 2 rings (SSSR count). The number of pyridine rings is 1. The summed E-state index contributed by atoms with van der Waals surface area (Å²) in [5, 5.41) is 5.75. The molecule has 0 amide bonds. The van der Waals surface area contributed by atoms with Gasteiger partial charge in [0.15, 0.2) is 9.84 Å². The molecule has 2 N–H and O–H groups in total. The number of rotatable bonds is 8. The number of hydrogen-bond acceptors (Lipinski definition) is 7. The van der Waals surface area contributed by atoms with Crippen molar-refractivity contribution < 1.29 is 17.9 Å². The number of carbonyl (C=O) groups excluding carboxylic acids is 1. The van der Waals surface area contributed by atoms with Crippen molar-refractivity contribution in [2.24, 2.45) is 0 Å². The second-order valence-corrected chi connectivity index (χ2v) is 8.04. The molecule has 0 aliphatic heterocycles. The lowest BCUT2D eigenvalue weighted by Crippen LogP contribution is -2.20. The van der Waals surface area contributed by atoms with E-state index in [4.69, 9.17) is 4.74 Å². The molecule has 23 heavy (non-hydrogen) atoms. The maximum Gasteiger partial charge on any atom is 0.338 e. The van der Waals surface area contributed by atoms with Crippen molar-refractivity contribution in [1.29, 1.82) is 0 Å². The Hall–Kier alpha value is -1.83. The number of nitrogens with one attached hydrogen (secondary N) is 2. The standard InChI is InChI=1S/C15H23N3O4S/c1-4-10(2)17-14-8-11(15(19)22-3)7-13(18-14)16-9-23(20,21)12-5-6-12/h7-8,10,12H,4-6,9H2,1-3H3,(H2,16,17,18)/t10-/m0/s1. The van der Waals surface area contributed by atoms with Crippen molar-refractivity contribution in [3.05, 3.63) is 17.7 Å². The van der Waals surface area contributed by atoms with Crippen LogP contribution < -0.4 is 10.6 Å². The van der Waals surface area contributed by atoms with Gasteiger partial charge in [0.05, 0.1) is 17.9 Å². The molecule has 0 radical (unpaired) electrons. The molecule has 1 fully saturated rings. The number of sulfone groups is 1. The van der Waals surface area contributed by atoms with Gasteiger partial charge in [0.2, 0.25) is 0 Å². The van der Waals surface area contributed by atoms with Crippen LogP contribution in [0.4, 0.5) is 11.6 Å². The van der Waals surface area contributed by atoms with E-state index in [1.165, 1.54) is 13.2 Å². The zero-order chi connectivity index (χ0) is 17.0. The van der Waals surface area contributed by atoms with Crippen LogP contribution in [-0.4, -0.2) is 43.6 Å². The minimum absolute atomic E-state index is 0.179. The first kappa shape index (κ1) is 17.5. The van der Waals surface area contributed by atoms with Crippen LogP contribution >= 0.6 is 0 Å². The van der Waals surface area contributed by atoms with Crippen LogP contribution in [0.15, 0.2) is 12.1 Å². The Labute approximate surface area is 136 Å². The predicted molar refractivity (Wildman–Crippen MR) is 89.4 cm³/mol. The van der Waals surface area contributed by atoms with Gasteiger partial charge >= 0.3 is 5.97 Å². The van der Waals surface area contributed by atoms with Crippen LogP contribution in [0, 0.1) is 0 Å². The first-order valence-corrected chi connectivity index (χ1v) is 9.39. The van der Waals surface area contributed by atoms with Gasteiger partial charge in [-0.3, -0.25) is 0 Å². The van der Waals surface area contributed by atoms with Gasteiger partial charge in [0, 0.05) is 6.04 Å². The molecule has 1 aromatic heterocycles. The average molecular weight is 341 g/mol. The molecule has 1 saturated carbocycles. The Bertz CT molecular complexity index is 671. The van der Waals surface area contributed by atoms with Gasteiger partial charge in [-0.05, 0) is 38.3 Å². The van der Waals surface area contributed by atoms with Crippen LogP contribution in [0.2, 0.25) is 0 Å². The fourth-order valence-corrected chi connectivity index (χ4v) is 3.44. The number of anilines is 2. The van der Waals surface area contributed by atoms with Crippen molar-refractivity contribution in [2.45, 2.75) is 44.4 Å². The largest absolute Gasteiger partial charge is 0.465 e. The fraction of sp³-hybridized carbons (Fsp3) is 0.600. The first-order chi connectivity index (χ1) is 10.9. The first-order valence-electron chi connectivity index (χ1n) is 7.68. The smallest absolute Gasteiger partial charge is 0.338 e. The molecule has 0 bridgehead atoms. The van der Waals surface area contributed by atoms with Crippen molar-refractivity contribution in [3.63, 3.8) is 0 Å². The number of nitrogens with zero attached hydrogens (tertiary/aromatic N) is 1. The minimum Gasteiger partial charge on any atom is -0.465 e. The lowest BCUT2D eigenvalue weighted by molar-refractivity contribution is 0.0600. The third-order valence-corrected chi connectivity index (χ3v) is 5.77. The average Bonchev–Trinajstić information content (AvgIpc) is 3.37. The molecule has 7 nitrogen and oxygen atoms in total. The van der Waals surface area contributed by atoms with Crippen LogP contribution in [0.5, 0.6) is 0 Å². The summed E-state index contributed by atoms with van der Waals surface area (Å²) >= 11 is 0. The van der Waals surface area contributed by atoms with E-state index in [0.29, 0.717) is 17.2 Å². The Morgan fingerprint density at radius 2 is 2.04 bits per heavy atom. The van der Waals surface area contributed by atoms with E-state index >= 15 is 0 Å². The topological polar surface area (TPSA) is 97.4 Å². The maximum atomic E-state index is 12.0. The van der Waals surface area contributed by atoms with Crippen molar-refractivity contribution in [1.82, 2.24) is 4.98 Å². The summed E-state index contributed by atoms with van der Waals surface area (Å²) in [7, 11) is -1.85. The molecule has 0 unspecified atom stereocenters. The highest BCUT2D eigenvalue weighted by molar-refractivity contribution is 7.92. The van der Waals surface area contributed by atoms with Gasteiger partial charge < -0.3 is 15.4 Å². The van der Waals surface area contributed by atoms with Gasteiger partial charge in [-0.1, -0.05) is 6.92 Å². The molecular formula is C15H23N3O4S. The van der Waals surface area contributed by atoms with E-state index in [9.17, 15) is 13.2 Å². The number of esters is 1. The highest BCUT2D eigenvalue weighted by Crippen LogP contribution is 2.29. The maximum absolute atomic E-state index is 12.0. The molecule has 0 aromatic carbocycles. The zero-order valence-electron chi connectivity index (χ0n) is 13.6. The summed E-state index contributed by atoms with van der Waals surface area (Å²) in [5.74, 6) is 0.169. The predicted octanol–water partition coefficient (Wildman–Crippen LogP) is 2.03. The SMILES string of the molecule is CC[C@H](C)Nc1cc(C(=O)OC)cc(NCS(=O)(=O)C2CC2)n1. The number of ether oxygens (including phenoxy) is 1. The Kier molecular flexibility index (Phi) is 5.46. The summed E-state index contributed by atoms with van der Waals surface area (Å²) in [5.41, 5.74) is 0.319. The molecule has 128 valence electrons. The summed E-state index contributed by atoms with van der Waals surface area (Å²) in [6, 6.07) is 3.27. The minimum atomic E-state index is -3.15. The van der Waals surface area contributed by atoms with E-state index in [1.807, 2.05) is 13.8 Å². The quantitative estimate of drug-likeness (QED) is 0.698. The van der Waals surface area contributed by atoms with Gasteiger partial charge in [-0.2, -0.15) is 0 Å². The normalized spacial score (nSPS) is 15.8. The summed E-state index contributed by atoms with van der Waals surface area (Å²) in [4.78, 5) is 16.1. The second-order valence-electron chi connectivity index (χ2n) is 5.75. The lowest BCUT2D eigenvalue weighted by Gasteiger charge is -2.15. The Morgan fingerprint density at radius 3 is 2.61 bits per heavy atom. The van der Waals surface area contributed by atoms with Crippen LogP contribution in [0.25, 0.3) is 0 Å². The van der Waals surface area contributed by atoms with Gasteiger partial charge in [-0.15, -0.1) is 0 Å². The van der Waals surface area contributed by atoms with Crippen molar-refractivity contribution in [3.8, 4) is 0 Å². The molecule has 1 aliphatic carbocycles. The van der Waals surface area contributed by atoms with E-state index in [2.05, 4.69) is 15.6 Å². The number of hydrogen-bond donors (Lipinski definition) is 2. The number of carbonyl (C=O) groups is 1. The van der Waals surface area contributed by atoms with E-state index in [1.54, 1.807) is 6.07 Å². The highest BCUT2D eigenvalue weighted by atomic mass is 32.2. The van der Waals surface area contributed by atoms with E-state index in [-0.39, 0.29) is 17.2 Å². The molecule has 1 heterocycles. The molecule has 1 atom stereocenters. The summed E-state index contributed by atoms with van der Waals surface area (Å²) < 4.78 is 28.6. The Balaban J connectivity index is 2.19. The lowest BCUT2D eigenvalue weighted by atomic mass is 10.2. The fourth-order valence-electron chi connectivity index (χ4n) is 2.00. The van der Waals surface area contributed by atoms with Crippen molar-refractivity contribution in [2.75, 3.05) is 23.6 Å². The highest BCUT2D eigenvalue weighted by Gasteiger charge is 2.35. The van der Waals surface area contributed by atoms with Gasteiger partial charge in [-0.25, -0.2) is 18.2 Å². The second kappa shape index (κ2) is 7.16. The zero-order valence-corrected chi connectivity index (χ0v) is 14.4. The van der Waals surface area contributed by atoms with Crippen molar-refractivity contribution >= 4 is 27.4 Å². The third-order valence-electron chi connectivity index (χ3n) is 3.74. The third kappa shape index (κ3) is 4.82. The van der Waals surface area contributed by atoms with Gasteiger partial charge in [0.25, 0.3) is 0 Å². The molecule has 0 spiro atoms. The van der Waals surface area contributed by atoms with Crippen LogP contribution in [-0.2, 0) is 14.6 Å². The summed E-state index contributed by atoms with van der Waals surface area (Å²) in [6.07, 6.45) is 2.34. The number of methoxy groups -OCH3 is 1.